The van der Waals surface area contributed by atoms with Gasteiger partial charge in [0.25, 0.3) is 5.91 Å². The van der Waals surface area contributed by atoms with E-state index >= 15 is 0 Å². The summed E-state index contributed by atoms with van der Waals surface area (Å²) >= 11 is 18.8. The van der Waals surface area contributed by atoms with E-state index in [1.807, 2.05) is 54.6 Å². The molecule has 0 aromatic heterocycles. The van der Waals surface area contributed by atoms with Crippen molar-refractivity contribution in [1.29, 1.82) is 5.26 Å². The zero-order chi connectivity index (χ0) is 28.5. The summed E-state index contributed by atoms with van der Waals surface area (Å²) < 4.78 is 17.3. The van der Waals surface area contributed by atoms with E-state index in [1.54, 1.807) is 43.5 Å². The Balaban J connectivity index is 1.43. The van der Waals surface area contributed by atoms with Crippen molar-refractivity contribution in [1.82, 2.24) is 0 Å². The second kappa shape index (κ2) is 13.8. The summed E-state index contributed by atoms with van der Waals surface area (Å²) in [5, 5.41) is 13.2. The Hall–Kier alpha value is -4.15. The first-order chi connectivity index (χ1) is 19.4. The molecule has 0 saturated carbocycles. The van der Waals surface area contributed by atoms with Crippen molar-refractivity contribution < 1.29 is 19.0 Å². The second-order valence-electron chi connectivity index (χ2n) is 8.49. The summed E-state index contributed by atoms with van der Waals surface area (Å²) in [5.74, 6) is 0.863. The third kappa shape index (κ3) is 7.71. The molecule has 40 heavy (non-hydrogen) atoms. The van der Waals surface area contributed by atoms with Gasteiger partial charge in [-0.05, 0) is 71.3 Å². The van der Waals surface area contributed by atoms with Gasteiger partial charge in [0.1, 0.15) is 24.9 Å². The second-order valence-corrected chi connectivity index (χ2v) is 9.74. The molecule has 0 aliphatic rings. The van der Waals surface area contributed by atoms with E-state index in [-0.39, 0.29) is 28.0 Å². The van der Waals surface area contributed by atoms with Gasteiger partial charge in [-0.15, -0.1) is 0 Å². The number of ether oxygens (including phenoxy) is 3. The minimum absolute atomic E-state index is 0.127. The number of methoxy groups -OCH3 is 1. The van der Waals surface area contributed by atoms with E-state index in [4.69, 9.17) is 49.0 Å². The molecular formula is C31H23Cl3N2O4. The SMILES string of the molecule is COc1cc(COc2c(Cl)cc(/C=C(/C#N)C(=O)Nc3ccc(Cl)cc3)cc2Cl)ccc1OCc1ccccc1. The highest BCUT2D eigenvalue weighted by atomic mass is 35.5. The van der Waals surface area contributed by atoms with Crippen LogP contribution in [-0.4, -0.2) is 13.0 Å². The number of halogens is 3. The molecule has 6 nitrogen and oxygen atoms in total. The first-order valence-electron chi connectivity index (χ1n) is 12.0. The Bertz CT molecular complexity index is 1540. The molecule has 4 rings (SSSR count). The number of benzene rings is 4. The van der Waals surface area contributed by atoms with Gasteiger partial charge in [0, 0.05) is 10.7 Å². The van der Waals surface area contributed by atoms with E-state index in [9.17, 15) is 10.1 Å². The predicted octanol–water partition coefficient (Wildman–Crippen LogP) is 8.36. The number of nitrogens with zero attached hydrogens (tertiary/aromatic N) is 1. The first-order valence-corrected chi connectivity index (χ1v) is 13.1. The Morgan fingerprint density at radius 2 is 1.52 bits per heavy atom. The van der Waals surface area contributed by atoms with Gasteiger partial charge in [0.15, 0.2) is 17.2 Å². The molecule has 9 heteroatoms. The van der Waals surface area contributed by atoms with Gasteiger partial charge in [-0.3, -0.25) is 4.79 Å². The van der Waals surface area contributed by atoms with Gasteiger partial charge in [-0.25, -0.2) is 0 Å². The van der Waals surface area contributed by atoms with Gasteiger partial charge in [0.2, 0.25) is 0 Å². The van der Waals surface area contributed by atoms with Crippen LogP contribution in [0.5, 0.6) is 17.2 Å². The molecule has 0 atom stereocenters. The molecule has 0 spiro atoms. The smallest absolute Gasteiger partial charge is 0.266 e. The third-order valence-corrected chi connectivity index (χ3v) is 6.46. The lowest BCUT2D eigenvalue weighted by atomic mass is 10.1. The van der Waals surface area contributed by atoms with E-state index in [1.165, 1.54) is 6.08 Å². The Morgan fingerprint density at radius 3 is 2.17 bits per heavy atom. The largest absolute Gasteiger partial charge is 0.493 e. The van der Waals surface area contributed by atoms with Gasteiger partial charge >= 0.3 is 0 Å². The van der Waals surface area contributed by atoms with Crippen LogP contribution in [0.1, 0.15) is 16.7 Å². The summed E-state index contributed by atoms with van der Waals surface area (Å²) in [4.78, 5) is 12.6. The lowest BCUT2D eigenvalue weighted by Gasteiger charge is -2.14. The molecule has 0 aliphatic heterocycles. The molecular weight excluding hydrogens is 571 g/mol. The van der Waals surface area contributed by atoms with Crippen molar-refractivity contribution in [2.45, 2.75) is 13.2 Å². The highest BCUT2D eigenvalue weighted by Gasteiger charge is 2.14. The molecule has 0 radical (unpaired) electrons. The van der Waals surface area contributed by atoms with Crippen molar-refractivity contribution in [2.24, 2.45) is 0 Å². The quantitative estimate of drug-likeness (QED) is 0.148. The van der Waals surface area contributed by atoms with Crippen molar-refractivity contribution in [3.05, 3.63) is 122 Å². The minimum Gasteiger partial charge on any atom is -0.493 e. The van der Waals surface area contributed by atoms with Crippen molar-refractivity contribution in [2.75, 3.05) is 12.4 Å². The number of hydrogen-bond donors (Lipinski definition) is 1. The van der Waals surface area contributed by atoms with Crippen LogP contribution in [0.15, 0.2) is 90.5 Å². The lowest BCUT2D eigenvalue weighted by Crippen LogP contribution is -2.13. The maximum absolute atomic E-state index is 12.6. The number of nitrogens with one attached hydrogen (secondary N) is 1. The average Bonchev–Trinajstić information content (AvgIpc) is 2.96. The van der Waals surface area contributed by atoms with Crippen LogP contribution >= 0.6 is 34.8 Å². The lowest BCUT2D eigenvalue weighted by molar-refractivity contribution is -0.112. The summed E-state index contributed by atoms with van der Waals surface area (Å²) in [7, 11) is 1.57. The van der Waals surface area contributed by atoms with Crippen molar-refractivity contribution in [3.8, 4) is 23.3 Å². The maximum Gasteiger partial charge on any atom is 0.266 e. The number of anilines is 1. The summed E-state index contributed by atoms with van der Waals surface area (Å²) in [6.45, 7) is 0.576. The zero-order valence-electron chi connectivity index (χ0n) is 21.3. The maximum atomic E-state index is 12.6. The van der Waals surface area contributed by atoms with E-state index < -0.39 is 5.91 Å². The van der Waals surface area contributed by atoms with Crippen LogP contribution in [0.3, 0.4) is 0 Å². The number of rotatable bonds is 10. The average molecular weight is 594 g/mol. The molecule has 4 aromatic carbocycles. The predicted molar refractivity (Wildman–Crippen MR) is 158 cm³/mol. The van der Waals surface area contributed by atoms with Crippen LogP contribution in [-0.2, 0) is 18.0 Å². The van der Waals surface area contributed by atoms with Crippen molar-refractivity contribution >= 4 is 52.5 Å². The molecule has 0 unspecified atom stereocenters. The number of amides is 1. The minimum atomic E-state index is -0.581. The molecule has 0 saturated heterocycles. The molecule has 0 aliphatic carbocycles. The summed E-state index contributed by atoms with van der Waals surface area (Å²) in [5.41, 5.74) is 2.70. The van der Waals surface area contributed by atoms with Crippen molar-refractivity contribution in [3.63, 3.8) is 0 Å². The van der Waals surface area contributed by atoms with Gasteiger partial charge in [0.05, 0.1) is 17.2 Å². The zero-order valence-corrected chi connectivity index (χ0v) is 23.6. The highest BCUT2D eigenvalue weighted by Crippen LogP contribution is 2.36. The monoisotopic (exact) mass is 592 g/mol. The Kier molecular flexibility index (Phi) is 9.93. The van der Waals surface area contributed by atoms with Gasteiger partial charge in [-0.2, -0.15) is 5.26 Å². The topological polar surface area (TPSA) is 80.6 Å². The molecule has 0 heterocycles. The summed E-state index contributed by atoms with van der Waals surface area (Å²) in [6, 6.07) is 26.9. The number of hydrogen-bond acceptors (Lipinski definition) is 5. The van der Waals surface area contributed by atoms with Gasteiger partial charge in [-0.1, -0.05) is 71.2 Å². The van der Waals surface area contributed by atoms with Crippen LogP contribution in [0, 0.1) is 11.3 Å². The van der Waals surface area contributed by atoms with E-state index in [0.717, 1.165) is 11.1 Å². The van der Waals surface area contributed by atoms with E-state index in [0.29, 0.717) is 34.4 Å². The summed E-state index contributed by atoms with van der Waals surface area (Å²) in [6.07, 6.45) is 1.39. The van der Waals surface area contributed by atoms with Crippen LogP contribution < -0.4 is 19.5 Å². The fourth-order valence-corrected chi connectivity index (χ4v) is 4.40. The van der Waals surface area contributed by atoms with Crippen LogP contribution in [0.4, 0.5) is 5.69 Å². The molecule has 202 valence electrons. The molecule has 1 amide bonds. The number of nitriles is 1. The van der Waals surface area contributed by atoms with Gasteiger partial charge < -0.3 is 19.5 Å². The van der Waals surface area contributed by atoms with Crippen LogP contribution in [0.2, 0.25) is 15.1 Å². The Morgan fingerprint density at radius 1 is 0.850 bits per heavy atom. The Labute approximate surface area is 247 Å². The molecule has 4 aromatic rings. The normalized spacial score (nSPS) is 10.9. The first kappa shape index (κ1) is 28.8. The molecule has 0 fully saturated rings. The van der Waals surface area contributed by atoms with Crippen LogP contribution in [0.25, 0.3) is 6.08 Å². The fourth-order valence-electron chi connectivity index (χ4n) is 3.66. The standard InChI is InChI=1S/C31H23Cl3N2O4/c1-38-29-16-21(7-12-28(29)39-18-20-5-3-2-4-6-20)19-40-30-26(33)14-22(15-27(30)34)13-23(17-35)31(37)36-25-10-8-24(32)9-11-25/h2-16H,18-19H2,1H3,(H,36,37)/b23-13-. The number of carbonyl (C=O) groups excluding carboxylic acids is 1. The molecule has 1 N–H and O–H groups in total. The fraction of sp³-hybridized carbons (Fsp3) is 0.0968. The highest BCUT2D eigenvalue weighted by molar-refractivity contribution is 6.37. The van der Waals surface area contributed by atoms with E-state index in [2.05, 4.69) is 5.32 Å². The molecule has 0 bridgehead atoms. The number of carbonyl (C=O) groups is 1. The third-order valence-electron chi connectivity index (χ3n) is 5.65.